The summed E-state index contributed by atoms with van der Waals surface area (Å²) in [6.07, 6.45) is 59.7. The van der Waals surface area contributed by atoms with Crippen LogP contribution in [0.1, 0.15) is 309 Å². The Hall–Kier alpha value is -1.33. The molecule has 1 heterocycles. The minimum atomic E-state index is -1.56. The topological polar surface area (TPSA) is 149 Å². The van der Waals surface area contributed by atoms with Crippen LogP contribution in [0.4, 0.5) is 0 Å². The molecule has 0 bridgehead atoms. The number of carbonyl (C=O) groups is 1. The number of aliphatic hydroxyl groups is 5. The van der Waals surface area contributed by atoms with Crippen molar-refractivity contribution in [2.24, 2.45) is 0 Å². The largest absolute Gasteiger partial charge is 0.394 e. The van der Waals surface area contributed by atoms with E-state index < -0.39 is 49.5 Å². The number of ether oxygens (including phenoxy) is 2. The third-order valence-corrected chi connectivity index (χ3v) is 15.0. The van der Waals surface area contributed by atoms with Gasteiger partial charge in [-0.3, -0.25) is 4.79 Å². The smallest absolute Gasteiger partial charge is 0.220 e. The highest BCUT2D eigenvalue weighted by molar-refractivity contribution is 5.76. The molecule has 1 aliphatic rings. The van der Waals surface area contributed by atoms with E-state index in [1.807, 2.05) is 6.08 Å². The van der Waals surface area contributed by atoms with Gasteiger partial charge in [0.2, 0.25) is 5.91 Å². The average Bonchev–Trinajstić information content (AvgIpc) is 3.37. The molecule has 1 saturated heterocycles. The summed E-state index contributed by atoms with van der Waals surface area (Å²) in [5.74, 6) is -0.172. The summed E-state index contributed by atoms with van der Waals surface area (Å²) < 4.78 is 11.3. The van der Waals surface area contributed by atoms with Gasteiger partial charge in [0, 0.05) is 6.42 Å². The van der Waals surface area contributed by atoms with E-state index in [9.17, 15) is 30.3 Å². The van der Waals surface area contributed by atoms with E-state index in [1.165, 1.54) is 250 Å². The van der Waals surface area contributed by atoms with Gasteiger partial charge in [-0.1, -0.05) is 282 Å². The minimum Gasteiger partial charge on any atom is -0.394 e. The van der Waals surface area contributed by atoms with Gasteiger partial charge in [0.25, 0.3) is 0 Å². The van der Waals surface area contributed by atoms with E-state index in [1.54, 1.807) is 6.08 Å². The van der Waals surface area contributed by atoms with Crippen molar-refractivity contribution < 1.29 is 39.8 Å². The molecule has 0 aromatic rings. The highest BCUT2D eigenvalue weighted by atomic mass is 16.7. The van der Waals surface area contributed by atoms with Crippen molar-refractivity contribution >= 4 is 5.91 Å². The van der Waals surface area contributed by atoms with Crippen LogP contribution in [0.3, 0.4) is 0 Å². The molecule has 7 unspecified atom stereocenters. The SMILES string of the molecule is CCCCCCCCCCCCCC/C=C\CCCCCCCCCCCCCCCCC(=O)NC(COC1OC(CO)C(O)C(O)C1O)C(O)/C=C/CCCCCCCCCCCCCCCCCC. The molecular formula is C62H119NO8. The maximum absolute atomic E-state index is 13.1. The monoisotopic (exact) mass is 1010 g/mol. The van der Waals surface area contributed by atoms with Crippen LogP contribution < -0.4 is 5.32 Å². The fourth-order valence-electron chi connectivity index (χ4n) is 10.1. The lowest BCUT2D eigenvalue weighted by molar-refractivity contribution is -0.302. The number of amides is 1. The lowest BCUT2D eigenvalue weighted by Gasteiger charge is -2.40. The second kappa shape index (κ2) is 52.1. The number of nitrogens with one attached hydrogen (secondary N) is 1. The second-order valence-corrected chi connectivity index (χ2v) is 21.9. The molecule has 0 aromatic heterocycles. The number of rotatable bonds is 54. The molecule has 1 rings (SSSR count). The Morgan fingerprint density at radius 1 is 0.465 bits per heavy atom. The van der Waals surface area contributed by atoms with E-state index >= 15 is 0 Å². The number of unbranched alkanes of at least 4 members (excludes halogenated alkanes) is 42. The zero-order valence-electron chi connectivity index (χ0n) is 46.8. The first-order chi connectivity index (χ1) is 34.8. The molecule has 420 valence electrons. The Morgan fingerprint density at radius 2 is 0.789 bits per heavy atom. The van der Waals surface area contributed by atoms with Crippen LogP contribution in [0.2, 0.25) is 0 Å². The van der Waals surface area contributed by atoms with Crippen LogP contribution >= 0.6 is 0 Å². The van der Waals surface area contributed by atoms with E-state index in [0.717, 1.165) is 38.5 Å². The first kappa shape index (κ1) is 67.7. The molecule has 71 heavy (non-hydrogen) atoms. The Balaban J connectivity index is 2.15. The van der Waals surface area contributed by atoms with Gasteiger partial charge in [-0.15, -0.1) is 0 Å². The Labute approximate surface area is 439 Å². The fourth-order valence-corrected chi connectivity index (χ4v) is 10.1. The number of aliphatic hydroxyl groups excluding tert-OH is 5. The van der Waals surface area contributed by atoms with Gasteiger partial charge < -0.3 is 40.3 Å². The molecule has 6 N–H and O–H groups in total. The van der Waals surface area contributed by atoms with Crippen LogP contribution in [0.25, 0.3) is 0 Å². The number of hydrogen-bond acceptors (Lipinski definition) is 8. The van der Waals surface area contributed by atoms with Gasteiger partial charge in [0.1, 0.15) is 24.4 Å². The van der Waals surface area contributed by atoms with Crippen LogP contribution in [0, 0.1) is 0 Å². The summed E-state index contributed by atoms with van der Waals surface area (Å²) in [6.45, 7) is 3.82. The van der Waals surface area contributed by atoms with Crippen molar-refractivity contribution in [2.75, 3.05) is 13.2 Å². The van der Waals surface area contributed by atoms with Crippen molar-refractivity contribution in [1.29, 1.82) is 0 Å². The summed E-state index contributed by atoms with van der Waals surface area (Å²) in [5.41, 5.74) is 0. The normalized spacial score (nSPS) is 19.3. The van der Waals surface area contributed by atoms with Crippen molar-refractivity contribution in [3.8, 4) is 0 Å². The maximum Gasteiger partial charge on any atom is 0.220 e. The second-order valence-electron chi connectivity index (χ2n) is 21.9. The lowest BCUT2D eigenvalue weighted by Crippen LogP contribution is -2.60. The van der Waals surface area contributed by atoms with E-state index in [4.69, 9.17) is 9.47 Å². The van der Waals surface area contributed by atoms with Crippen LogP contribution in [0.5, 0.6) is 0 Å². The lowest BCUT2D eigenvalue weighted by atomic mass is 9.99. The van der Waals surface area contributed by atoms with Crippen molar-refractivity contribution in [2.45, 2.75) is 352 Å². The summed E-state index contributed by atoms with van der Waals surface area (Å²) in [5, 5.41) is 54.6. The minimum absolute atomic E-state index is 0.172. The molecule has 9 heteroatoms. The third-order valence-electron chi connectivity index (χ3n) is 15.0. The molecule has 1 amide bonds. The molecule has 7 atom stereocenters. The van der Waals surface area contributed by atoms with Gasteiger partial charge >= 0.3 is 0 Å². The van der Waals surface area contributed by atoms with Crippen LogP contribution in [-0.2, 0) is 14.3 Å². The summed E-state index contributed by atoms with van der Waals surface area (Å²) in [4.78, 5) is 13.1. The molecule has 9 nitrogen and oxygen atoms in total. The van der Waals surface area contributed by atoms with Crippen molar-refractivity contribution in [3.63, 3.8) is 0 Å². The molecule has 1 aliphatic heterocycles. The van der Waals surface area contributed by atoms with Crippen LogP contribution in [0.15, 0.2) is 24.3 Å². The molecule has 0 aliphatic carbocycles. The number of hydrogen-bond donors (Lipinski definition) is 6. The summed E-state index contributed by atoms with van der Waals surface area (Å²) in [6, 6.07) is -0.803. The molecule has 0 saturated carbocycles. The number of allylic oxidation sites excluding steroid dienone is 3. The van der Waals surface area contributed by atoms with Gasteiger partial charge in [0.05, 0.1) is 25.4 Å². The van der Waals surface area contributed by atoms with E-state index in [2.05, 4.69) is 31.3 Å². The van der Waals surface area contributed by atoms with Gasteiger partial charge in [-0.2, -0.15) is 0 Å². The predicted octanol–water partition coefficient (Wildman–Crippen LogP) is 15.7. The highest BCUT2D eigenvalue weighted by Gasteiger charge is 2.44. The molecular weight excluding hydrogens is 887 g/mol. The Bertz CT molecular complexity index is 1170. The predicted molar refractivity (Wildman–Crippen MR) is 300 cm³/mol. The molecule has 0 spiro atoms. The first-order valence-electron chi connectivity index (χ1n) is 31.1. The zero-order valence-corrected chi connectivity index (χ0v) is 46.8. The number of carbonyl (C=O) groups excluding carboxylic acids is 1. The quantitative estimate of drug-likeness (QED) is 0.0261. The molecule has 0 aromatic carbocycles. The Kier molecular flexibility index (Phi) is 49.7. The van der Waals surface area contributed by atoms with Gasteiger partial charge in [-0.05, 0) is 44.9 Å². The average molecular weight is 1010 g/mol. The van der Waals surface area contributed by atoms with Crippen LogP contribution in [-0.4, -0.2) is 87.5 Å². The van der Waals surface area contributed by atoms with Crippen molar-refractivity contribution in [3.05, 3.63) is 24.3 Å². The highest BCUT2D eigenvalue weighted by Crippen LogP contribution is 2.23. The van der Waals surface area contributed by atoms with Gasteiger partial charge in [0.15, 0.2) is 6.29 Å². The summed E-state index contributed by atoms with van der Waals surface area (Å²) >= 11 is 0. The van der Waals surface area contributed by atoms with E-state index in [0.29, 0.717) is 6.42 Å². The maximum atomic E-state index is 13.1. The Morgan fingerprint density at radius 3 is 1.14 bits per heavy atom. The fraction of sp³-hybridized carbons (Fsp3) is 0.919. The molecule has 0 radical (unpaired) electrons. The molecule has 1 fully saturated rings. The third kappa shape index (κ3) is 41.6. The first-order valence-corrected chi connectivity index (χ1v) is 31.1. The van der Waals surface area contributed by atoms with Gasteiger partial charge in [-0.25, -0.2) is 0 Å². The van der Waals surface area contributed by atoms with Crippen molar-refractivity contribution in [1.82, 2.24) is 5.32 Å². The zero-order chi connectivity index (χ0) is 51.5. The summed E-state index contributed by atoms with van der Waals surface area (Å²) in [7, 11) is 0. The standard InChI is InChI=1S/C62H119NO8/c1-3-5-7-9-11-13-15-17-19-21-23-24-25-26-27-28-29-30-31-32-33-34-36-38-40-42-44-46-48-50-52-58(66)63-55(54-70-62-61(69)60(68)59(67)57(53-64)71-62)56(65)51-49-47-45-43-41-39-37-35-22-20-18-16-14-12-10-8-6-4-2/h26-27,49,51,55-57,59-62,64-65,67-69H,3-25,28-48,50,52-54H2,1-2H3,(H,63,66)/b27-26-,51-49+. The van der Waals surface area contributed by atoms with E-state index in [-0.39, 0.29) is 12.5 Å².